The van der Waals surface area contributed by atoms with Gasteiger partial charge in [0.1, 0.15) is 11.5 Å². The van der Waals surface area contributed by atoms with Crippen molar-refractivity contribution >= 4 is 15.9 Å². The van der Waals surface area contributed by atoms with Crippen LogP contribution >= 0.6 is 0 Å². The number of aliphatic hydroxyl groups is 1. The molecule has 0 aromatic heterocycles. The number of aromatic hydroxyl groups is 1. The predicted molar refractivity (Wildman–Crippen MR) is 140 cm³/mol. The molecule has 0 bridgehead atoms. The van der Waals surface area contributed by atoms with Gasteiger partial charge < -0.3 is 15.5 Å². The van der Waals surface area contributed by atoms with Gasteiger partial charge in [-0.2, -0.15) is 4.31 Å². The molecule has 192 valence electrons. The first-order valence-corrected chi connectivity index (χ1v) is 13.4. The van der Waals surface area contributed by atoms with Gasteiger partial charge in [-0.3, -0.25) is 4.79 Å². The third-order valence-electron chi connectivity index (χ3n) is 5.95. The Morgan fingerprint density at radius 2 is 1.58 bits per heavy atom. The quantitative estimate of drug-likeness (QED) is 0.337. The molecule has 8 heteroatoms. The van der Waals surface area contributed by atoms with Crippen LogP contribution in [0.2, 0.25) is 0 Å². The minimum absolute atomic E-state index is 0.0243. The number of amides is 1. The molecular weight excluding hydrogens is 476 g/mol. The topological polar surface area (TPSA) is 107 Å². The molecule has 3 aromatic carbocycles. The highest BCUT2D eigenvalue weighted by molar-refractivity contribution is 7.89. The number of phenolic OH excluding ortho intramolecular Hbond substituents is 1. The van der Waals surface area contributed by atoms with Crippen LogP contribution < -0.4 is 5.32 Å². The molecule has 3 N–H and O–H groups in total. The van der Waals surface area contributed by atoms with E-state index in [0.29, 0.717) is 5.56 Å². The maximum Gasteiger partial charge on any atom is 0.251 e. The smallest absolute Gasteiger partial charge is 0.251 e. The Morgan fingerprint density at radius 1 is 0.972 bits per heavy atom. The number of aryl methyl sites for hydroxylation is 1. The molecule has 36 heavy (non-hydrogen) atoms. The second-order valence-corrected chi connectivity index (χ2v) is 11.3. The van der Waals surface area contributed by atoms with Gasteiger partial charge in [-0.1, -0.05) is 62.4 Å². The summed E-state index contributed by atoms with van der Waals surface area (Å²) in [5.41, 5.74) is 0.298. The number of hydrogen-bond donors (Lipinski definition) is 3. The van der Waals surface area contributed by atoms with Gasteiger partial charge in [-0.15, -0.1) is 0 Å². The van der Waals surface area contributed by atoms with Crippen LogP contribution in [0.5, 0.6) is 5.75 Å². The van der Waals surface area contributed by atoms with E-state index in [9.17, 15) is 23.4 Å². The van der Waals surface area contributed by atoms with Crippen LogP contribution in [0.3, 0.4) is 0 Å². The van der Waals surface area contributed by atoms with Crippen LogP contribution in [0.1, 0.15) is 41.8 Å². The predicted octanol–water partition coefficient (Wildman–Crippen LogP) is 4.10. The Morgan fingerprint density at radius 3 is 2.19 bits per heavy atom. The van der Waals surface area contributed by atoms with Crippen molar-refractivity contribution in [1.82, 2.24) is 9.62 Å². The van der Waals surface area contributed by atoms with Crippen LogP contribution in [0, 0.1) is 12.8 Å². The maximum atomic E-state index is 13.8. The van der Waals surface area contributed by atoms with Gasteiger partial charge in [0.2, 0.25) is 10.0 Å². The molecule has 1 atom stereocenters. The molecule has 0 radical (unpaired) electrons. The molecule has 0 heterocycles. The van der Waals surface area contributed by atoms with E-state index in [1.165, 1.54) is 24.3 Å². The molecule has 0 saturated heterocycles. The summed E-state index contributed by atoms with van der Waals surface area (Å²) in [7, 11) is -4.14. The van der Waals surface area contributed by atoms with E-state index in [1.54, 1.807) is 12.1 Å². The summed E-state index contributed by atoms with van der Waals surface area (Å²) in [5, 5.41) is 24.5. The molecule has 0 aliphatic carbocycles. The summed E-state index contributed by atoms with van der Waals surface area (Å²) in [6, 6.07) is 21.6. The molecule has 7 nitrogen and oxygen atoms in total. The summed E-state index contributed by atoms with van der Waals surface area (Å²) in [6.45, 7) is 5.73. The van der Waals surface area contributed by atoms with E-state index in [4.69, 9.17) is 0 Å². The van der Waals surface area contributed by atoms with Gasteiger partial charge in [0, 0.05) is 31.5 Å². The van der Waals surface area contributed by atoms with E-state index in [2.05, 4.69) is 5.32 Å². The first kappa shape index (κ1) is 27.4. The van der Waals surface area contributed by atoms with Gasteiger partial charge in [0.15, 0.2) is 0 Å². The highest BCUT2D eigenvalue weighted by Gasteiger charge is 2.43. The number of sulfonamides is 1. The SMILES string of the molecule is Cc1ccccc1C(=O)NCCC(O)(Cc1ccccc1)N(CC(C)C)S(=O)(=O)c1ccc(O)cc1. The maximum absolute atomic E-state index is 13.8. The second kappa shape index (κ2) is 11.7. The summed E-state index contributed by atoms with van der Waals surface area (Å²) >= 11 is 0. The van der Waals surface area contributed by atoms with Gasteiger partial charge >= 0.3 is 0 Å². The van der Waals surface area contributed by atoms with E-state index in [1.807, 2.05) is 63.2 Å². The van der Waals surface area contributed by atoms with Crippen LogP contribution in [0.4, 0.5) is 0 Å². The fraction of sp³-hybridized carbons (Fsp3) is 0.321. The van der Waals surface area contributed by atoms with Crippen LogP contribution in [-0.4, -0.2) is 47.7 Å². The van der Waals surface area contributed by atoms with Crippen LogP contribution in [0.25, 0.3) is 0 Å². The number of carbonyl (C=O) groups excluding carboxylic acids is 1. The van der Waals surface area contributed by atoms with Crippen LogP contribution in [0.15, 0.2) is 83.8 Å². The van der Waals surface area contributed by atoms with Crippen LogP contribution in [-0.2, 0) is 16.4 Å². The molecule has 3 rings (SSSR count). The molecule has 0 aliphatic heterocycles. The molecule has 1 amide bonds. The number of phenols is 1. The van der Waals surface area contributed by atoms with E-state index >= 15 is 0 Å². The van der Waals surface area contributed by atoms with E-state index in [-0.39, 0.29) is 48.4 Å². The lowest BCUT2D eigenvalue weighted by Gasteiger charge is -2.40. The summed E-state index contributed by atoms with van der Waals surface area (Å²) in [5.74, 6) is -0.421. The minimum Gasteiger partial charge on any atom is -0.508 e. The minimum atomic E-state index is -4.14. The van der Waals surface area contributed by atoms with Crippen molar-refractivity contribution in [1.29, 1.82) is 0 Å². The molecule has 0 fully saturated rings. The van der Waals surface area contributed by atoms with Crippen molar-refractivity contribution in [3.63, 3.8) is 0 Å². The van der Waals surface area contributed by atoms with Gasteiger partial charge in [-0.05, 0) is 54.3 Å². The number of rotatable bonds is 11. The first-order valence-electron chi connectivity index (χ1n) is 11.9. The van der Waals surface area contributed by atoms with Gasteiger partial charge in [-0.25, -0.2) is 8.42 Å². The lowest BCUT2D eigenvalue weighted by molar-refractivity contribution is -0.0700. The van der Waals surface area contributed by atoms with Crippen molar-refractivity contribution in [3.05, 3.63) is 95.6 Å². The van der Waals surface area contributed by atoms with Crippen molar-refractivity contribution in [3.8, 4) is 5.75 Å². The fourth-order valence-electron chi connectivity index (χ4n) is 4.09. The third kappa shape index (κ3) is 6.72. The zero-order valence-corrected chi connectivity index (χ0v) is 21.7. The van der Waals surface area contributed by atoms with Gasteiger partial charge in [0.05, 0.1) is 4.90 Å². The summed E-state index contributed by atoms with van der Waals surface area (Å²) < 4.78 is 28.7. The molecule has 1 unspecified atom stereocenters. The summed E-state index contributed by atoms with van der Waals surface area (Å²) in [6.07, 6.45) is 0.0155. The Bertz CT molecular complexity index is 1260. The monoisotopic (exact) mass is 510 g/mol. The van der Waals surface area contributed by atoms with E-state index < -0.39 is 15.7 Å². The Kier molecular flexibility index (Phi) is 8.89. The van der Waals surface area contributed by atoms with Gasteiger partial charge in [0.25, 0.3) is 5.91 Å². The van der Waals surface area contributed by atoms with Crippen molar-refractivity contribution < 1.29 is 23.4 Å². The first-order chi connectivity index (χ1) is 17.0. The zero-order valence-electron chi connectivity index (χ0n) is 20.9. The lowest BCUT2D eigenvalue weighted by Crippen LogP contribution is -2.55. The lowest BCUT2D eigenvalue weighted by atomic mass is 9.98. The number of nitrogens with one attached hydrogen (secondary N) is 1. The average Bonchev–Trinajstić information content (AvgIpc) is 2.83. The third-order valence-corrected chi connectivity index (χ3v) is 7.89. The Hall–Kier alpha value is -3.20. The molecule has 0 saturated carbocycles. The Labute approximate surface area is 213 Å². The number of nitrogens with zero attached hydrogens (tertiary/aromatic N) is 1. The normalized spacial score (nSPS) is 13.5. The Balaban J connectivity index is 1.95. The number of carbonyl (C=O) groups is 1. The molecular formula is C28H34N2O5S. The van der Waals surface area contributed by atoms with Crippen molar-refractivity contribution in [2.45, 2.75) is 44.2 Å². The highest BCUT2D eigenvalue weighted by Crippen LogP contribution is 2.31. The number of hydrogen-bond acceptors (Lipinski definition) is 5. The fourth-order valence-corrected chi connectivity index (χ4v) is 5.92. The molecule has 0 aliphatic rings. The summed E-state index contributed by atoms with van der Waals surface area (Å²) in [4.78, 5) is 12.7. The largest absolute Gasteiger partial charge is 0.508 e. The van der Waals surface area contributed by atoms with Crippen molar-refractivity contribution in [2.75, 3.05) is 13.1 Å². The molecule has 3 aromatic rings. The molecule has 0 spiro atoms. The van der Waals surface area contributed by atoms with Crippen molar-refractivity contribution in [2.24, 2.45) is 5.92 Å². The van der Waals surface area contributed by atoms with E-state index in [0.717, 1.165) is 15.4 Å². The zero-order chi connectivity index (χ0) is 26.3. The highest BCUT2D eigenvalue weighted by atomic mass is 32.2. The standard InChI is InChI=1S/C28H34N2O5S/c1-21(2)20-30(36(34,35)25-15-13-24(31)14-16-25)28(33,19-23-10-5-4-6-11-23)17-18-29-27(32)26-12-8-7-9-22(26)3/h4-16,21,31,33H,17-20H2,1-3H3,(H,29,32). The average molecular weight is 511 g/mol. The number of benzene rings is 3. The second-order valence-electron chi connectivity index (χ2n) is 9.39.